The maximum Gasteiger partial charge on any atom is 0.130 e. The molecule has 2 rings (SSSR count). The van der Waals surface area contributed by atoms with Crippen molar-refractivity contribution in [3.8, 4) is 0 Å². The summed E-state index contributed by atoms with van der Waals surface area (Å²) in [7, 11) is 0. The topological polar surface area (TPSA) is 6.48 Å². The summed E-state index contributed by atoms with van der Waals surface area (Å²) in [5.74, 6) is -0.887. The number of hydrogen-bond acceptors (Lipinski definition) is 2. The van der Waals surface area contributed by atoms with Gasteiger partial charge in [0, 0.05) is 44.3 Å². The third kappa shape index (κ3) is 3.06. The minimum absolute atomic E-state index is 0.190. The van der Waals surface area contributed by atoms with Crippen molar-refractivity contribution in [1.82, 2.24) is 9.80 Å². The highest BCUT2D eigenvalue weighted by atomic mass is 19.1. The first kappa shape index (κ1) is 13.4. The first-order valence-corrected chi connectivity index (χ1v) is 6.47. The van der Waals surface area contributed by atoms with Crippen molar-refractivity contribution < 1.29 is 8.78 Å². The normalized spacial score (nSPS) is 18.5. The van der Waals surface area contributed by atoms with E-state index in [0.29, 0.717) is 12.6 Å². The monoisotopic (exact) mass is 254 g/mol. The van der Waals surface area contributed by atoms with Crippen LogP contribution in [-0.2, 0) is 6.54 Å². The fourth-order valence-corrected chi connectivity index (χ4v) is 2.34. The quantitative estimate of drug-likeness (QED) is 0.817. The van der Waals surface area contributed by atoms with E-state index in [9.17, 15) is 8.78 Å². The second-order valence-corrected chi connectivity index (χ2v) is 5.11. The average Bonchev–Trinajstić information content (AvgIpc) is 2.34. The summed E-state index contributed by atoms with van der Waals surface area (Å²) >= 11 is 0. The molecule has 1 aromatic rings. The van der Waals surface area contributed by atoms with Gasteiger partial charge < -0.3 is 0 Å². The van der Waals surface area contributed by atoms with E-state index in [2.05, 4.69) is 23.6 Å². The smallest absolute Gasteiger partial charge is 0.130 e. The Hall–Kier alpha value is -1.00. The molecule has 0 N–H and O–H groups in total. The molecule has 18 heavy (non-hydrogen) atoms. The van der Waals surface area contributed by atoms with Gasteiger partial charge in [-0.3, -0.25) is 9.80 Å². The van der Waals surface area contributed by atoms with Gasteiger partial charge in [0.05, 0.1) is 0 Å². The molecular formula is C14H20F2N2. The standard InChI is InChI=1S/C14H20F2N2/c1-11(2)18-8-6-17(7-9-18)10-12-13(15)4-3-5-14(12)16/h3-5,11H,6-10H2,1-2H3. The van der Waals surface area contributed by atoms with Crippen LogP contribution in [0.2, 0.25) is 0 Å². The minimum atomic E-state index is -0.443. The van der Waals surface area contributed by atoms with Gasteiger partial charge in [-0.2, -0.15) is 0 Å². The van der Waals surface area contributed by atoms with Crippen LogP contribution in [0.1, 0.15) is 19.4 Å². The van der Waals surface area contributed by atoms with Gasteiger partial charge in [0.2, 0.25) is 0 Å². The fourth-order valence-electron chi connectivity index (χ4n) is 2.34. The van der Waals surface area contributed by atoms with Gasteiger partial charge >= 0.3 is 0 Å². The third-order valence-electron chi connectivity index (χ3n) is 3.58. The number of piperazine rings is 1. The second-order valence-electron chi connectivity index (χ2n) is 5.11. The third-order valence-corrected chi connectivity index (χ3v) is 3.58. The van der Waals surface area contributed by atoms with Gasteiger partial charge in [-0.25, -0.2) is 8.78 Å². The lowest BCUT2D eigenvalue weighted by molar-refractivity contribution is 0.102. The minimum Gasteiger partial charge on any atom is -0.298 e. The first-order valence-electron chi connectivity index (χ1n) is 6.47. The number of halogens is 2. The highest BCUT2D eigenvalue weighted by Crippen LogP contribution is 2.16. The van der Waals surface area contributed by atoms with E-state index in [4.69, 9.17) is 0 Å². The summed E-state index contributed by atoms with van der Waals surface area (Å²) in [6.45, 7) is 8.38. The first-order chi connectivity index (χ1) is 8.58. The predicted molar refractivity (Wildman–Crippen MR) is 68.3 cm³/mol. The lowest BCUT2D eigenvalue weighted by Crippen LogP contribution is -2.48. The lowest BCUT2D eigenvalue weighted by atomic mass is 10.1. The maximum atomic E-state index is 13.5. The van der Waals surface area contributed by atoms with Crippen LogP contribution in [0.5, 0.6) is 0 Å². The van der Waals surface area contributed by atoms with E-state index < -0.39 is 11.6 Å². The van der Waals surface area contributed by atoms with E-state index in [1.54, 1.807) is 0 Å². The van der Waals surface area contributed by atoms with Crippen molar-refractivity contribution in [2.45, 2.75) is 26.4 Å². The molecule has 4 heteroatoms. The fraction of sp³-hybridized carbons (Fsp3) is 0.571. The van der Waals surface area contributed by atoms with Crippen LogP contribution in [0.25, 0.3) is 0 Å². The zero-order chi connectivity index (χ0) is 13.1. The van der Waals surface area contributed by atoms with Gasteiger partial charge in [-0.05, 0) is 26.0 Å². The summed E-state index contributed by atoms with van der Waals surface area (Å²) in [6.07, 6.45) is 0. The molecule has 0 saturated carbocycles. The van der Waals surface area contributed by atoms with Crippen molar-refractivity contribution in [3.63, 3.8) is 0 Å². The van der Waals surface area contributed by atoms with Crippen molar-refractivity contribution in [3.05, 3.63) is 35.4 Å². The SMILES string of the molecule is CC(C)N1CCN(Cc2c(F)cccc2F)CC1. The molecule has 1 heterocycles. The second kappa shape index (κ2) is 5.76. The van der Waals surface area contributed by atoms with Crippen molar-refractivity contribution in [1.29, 1.82) is 0 Å². The van der Waals surface area contributed by atoms with Crippen molar-refractivity contribution >= 4 is 0 Å². The number of benzene rings is 1. The Morgan fingerprint density at radius 2 is 1.61 bits per heavy atom. The van der Waals surface area contributed by atoms with E-state index in [0.717, 1.165) is 26.2 Å². The van der Waals surface area contributed by atoms with Crippen LogP contribution in [0, 0.1) is 11.6 Å². The van der Waals surface area contributed by atoms with E-state index in [1.165, 1.54) is 18.2 Å². The van der Waals surface area contributed by atoms with Gasteiger partial charge in [0.15, 0.2) is 0 Å². The molecule has 0 atom stereocenters. The van der Waals surface area contributed by atoms with Gasteiger partial charge in [-0.15, -0.1) is 0 Å². The Balaban J connectivity index is 1.96. The van der Waals surface area contributed by atoms with E-state index >= 15 is 0 Å². The molecule has 2 nitrogen and oxygen atoms in total. The molecule has 1 aliphatic heterocycles. The molecule has 0 bridgehead atoms. The Bertz CT molecular complexity index is 379. The highest BCUT2D eigenvalue weighted by molar-refractivity contribution is 5.19. The molecule has 1 aliphatic rings. The van der Waals surface area contributed by atoms with E-state index in [1.807, 2.05) is 0 Å². The molecule has 0 unspecified atom stereocenters. The Kier molecular flexibility index (Phi) is 4.30. The zero-order valence-electron chi connectivity index (χ0n) is 11.0. The molecular weight excluding hydrogens is 234 g/mol. The van der Waals surface area contributed by atoms with Crippen molar-refractivity contribution in [2.75, 3.05) is 26.2 Å². The van der Waals surface area contributed by atoms with E-state index in [-0.39, 0.29) is 5.56 Å². The summed E-state index contributed by atoms with van der Waals surface area (Å²) in [6, 6.07) is 4.59. The Morgan fingerprint density at radius 1 is 1.06 bits per heavy atom. The van der Waals surface area contributed by atoms with Crippen molar-refractivity contribution in [2.24, 2.45) is 0 Å². The lowest BCUT2D eigenvalue weighted by Gasteiger charge is -2.37. The van der Waals surface area contributed by atoms with Crippen LogP contribution < -0.4 is 0 Å². The molecule has 1 fully saturated rings. The molecule has 0 spiro atoms. The zero-order valence-corrected chi connectivity index (χ0v) is 11.0. The largest absolute Gasteiger partial charge is 0.298 e. The number of hydrogen-bond donors (Lipinski definition) is 0. The summed E-state index contributed by atoms with van der Waals surface area (Å²) < 4.78 is 27.1. The van der Waals surface area contributed by atoms with Gasteiger partial charge in [-0.1, -0.05) is 6.07 Å². The molecule has 0 aromatic heterocycles. The van der Waals surface area contributed by atoms with Crippen LogP contribution >= 0.6 is 0 Å². The predicted octanol–water partition coefficient (Wildman–Crippen LogP) is 2.49. The highest BCUT2D eigenvalue weighted by Gasteiger charge is 2.20. The van der Waals surface area contributed by atoms with Gasteiger partial charge in [0.1, 0.15) is 11.6 Å². The van der Waals surface area contributed by atoms with Crippen LogP contribution in [0.3, 0.4) is 0 Å². The Labute approximate surface area is 107 Å². The number of nitrogens with zero attached hydrogens (tertiary/aromatic N) is 2. The summed E-state index contributed by atoms with van der Waals surface area (Å²) in [5, 5.41) is 0. The maximum absolute atomic E-state index is 13.5. The Morgan fingerprint density at radius 3 is 2.11 bits per heavy atom. The average molecular weight is 254 g/mol. The summed E-state index contributed by atoms with van der Waals surface area (Å²) in [4.78, 5) is 4.49. The van der Waals surface area contributed by atoms with Crippen LogP contribution in [0.4, 0.5) is 8.78 Å². The molecule has 0 radical (unpaired) electrons. The molecule has 0 aliphatic carbocycles. The molecule has 1 aromatic carbocycles. The van der Waals surface area contributed by atoms with Crippen LogP contribution in [0.15, 0.2) is 18.2 Å². The summed E-state index contributed by atoms with van der Waals surface area (Å²) in [5.41, 5.74) is 0.190. The van der Waals surface area contributed by atoms with Crippen LogP contribution in [-0.4, -0.2) is 42.0 Å². The molecule has 100 valence electrons. The molecule has 0 amide bonds. The van der Waals surface area contributed by atoms with Gasteiger partial charge in [0.25, 0.3) is 0 Å². The number of rotatable bonds is 3. The molecule has 1 saturated heterocycles.